The third-order valence-corrected chi connectivity index (χ3v) is 2.62. The molecule has 108 valence electrons. The molecule has 0 unspecified atom stereocenters. The molecule has 0 atom stereocenters. The van der Waals surface area contributed by atoms with Crippen molar-refractivity contribution in [3.63, 3.8) is 0 Å². The molecular weight excluding hydrogens is 262 g/mol. The van der Waals surface area contributed by atoms with E-state index in [9.17, 15) is 4.79 Å². The van der Waals surface area contributed by atoms with E-state index in [4.69, 9.17) is 4.52 Å². The van der Waals surface area contributed by atoms with Gasteiger partial charge in [-0.3, -0.25) is 4.79 Å². The average molecular weight is 279 g/mol. The second kappa shape index (κ2) is 6.73. The van der Waals surface area contributed by atoms with Crippen molar-refractivity contribution in [2.45, 2.75) is 39.2 Å². The fraction of sp³-hybridized carbons (Fsp3) is 0.636. The Labute approximate surface area is 115 Å². The molecule has 0 aliphatic carbocycles. The van der Waals surface area contributed by atoms with Gasteiger partial charge in [0.15, 0.2) is 5.82 Å². The third-order valence-electron chi connectivity index (χ3n) is 2.62. The Bertz CT molecular complexity index is 535. The molecule has 9 heteroatoms. The number of carbonyl (C=O) groups is 1. The zero-order valence-electron chi connectivity index (χ0n) is 11.5. The highest BCUT2D eigenvalue weighted by atomic mass is 16.5. The molecule has 0 bridgehead atoms. The Hall–Kier alpha value is -2.32. The molecular formula is C11H17N7O2. The number of nitrogens with zero attached hydrogens (tertiary/aromatic N) is 6. The van der Waals surface area contributed by atoms with Crippen LogP contribution < -0.4 is 5.32 Å². The highest BCUT2D eigenvalue weighted by Gasteiger charge is 2.09. The summed E-state index contributed by atoms with van der Waals surface area (Å²) in [6.07, 6.45) is 2.32. The van der Waals surface area contributed by atoms with Gasteiger partial charge in [-0.25, -0.2) is 4.68 Å². The van der Waals surface area contributed by atoms with E-state index in [0.29, 0.717) is 37.6 Å². The van der Waals surface area contributed by atoms with Crippen molar-refractivity contribution in [1.29, 1.82) is 0 Å². The lowest BCUT2D eigenvalue weighted by molar-refractivity contribution is -0.121. The van der Waals surface area contributed by atoms with Crippen LogP contribution in [0, 0.1) is 0 Å². The number of amides is 1. The third kappa shape index (κ3) is 4.11. The van der Waals surface area contributed by atoms with Crippen LogP contribution in [0.5, 0.6) is 0 Å². The van der Waals surface area contributed by atoms with Crippen LogP contribution in [0.2, 0.25) is 0 Å². The Morgan fingerprint density at radius 2 is 2.35 bits per heavy atom. The van der Waals surface area contributed by atoms with E-state index in [0.717, 1.165) is 0 Å². The predicted molar refractivity (Wildman–Crippen MR) is 67.5 cm³/mol. The minimum absolute atomic E-state index is 0.0656. The molecule has 0 aromatic carbocycles. The van der Waals surface area contributed by atoms with E-state index in [1.807, 2.05) is 13.8 Å². The first kappa shape index (κ1) is 14.1. The van der Waals surface area contributed by atoms with E-state index in [1.54, 1.807) is 0 Å². The standard InChI is InChI=1S/C11H17N7O2/c1-8(2)11-14-10(20-15-11)3-5-12-9(19)4-6-18-7-13-16-17-18/h7-8H,3-6H2,1-2H3,(H,12,19). The van der Waals surface area contributed by atoms with Gasteiger partial charge in [0, 0.05) is 25.3 Å². The lowest BCUT2D eigenvalue weighted by Crippen LogP contribution is -2.26. The molecule has 0 aliphatic rings. The summed E-state index contributed by atoms with van der Waals surface area (Å²) in [5.41, 5.74) is 0. The fourth-order valence-corrected chi connectivity index (χ4v) is 1.50. The minimum Gasteiger partial charge on any atom is -0.356 e. The topological polar surface area (TPSA) is 112 Å². The molecule has 2 aromatic heterocycles. The van der Waals surface area contributed by atoms with Crippen LogP contribution in [-0.2, 0) is 17.8 Å². The first-order valence-corrected chi connectivity index (χ1v) is 6.45. The van der Waals surface area contributed by atoms with Crippen molar-refractivity contribution < 1.29 is 9.32 Å². The zero-order valence-corrected chi connectivity index (χ0v) is 11.5. The lowest BCUT2D eigenvalue weighted by atomic mass is 10.2. The van der Waals surface area contributed by atoms with Gasteiger partial charge >= 0.3 is 0 Å². The number of hydrogen-bond acceptors (Lipinski definition) is 7. The van der Waals surface area contributed by atoms with Crippen molar-refractivity contribution in [2.24, 2.45) is 0 Å². The van der Waals surface area contributed by atoms with E-state index in [1.165, 1.54) is 11.0 Å². The Morgan fingerprint density at radius 3 is 3.00 bits per heavy atom. The molecule has 0 fully saturated rings. The SMILES string of the molecule is CC(C)c1noc(CCNC(=O)CCn2cnnn2)n1. The van der Waals surface area contributed by atoms with Gasteiger partial charge in [-0.05, 0) is 10.4 Å². The van der Waals surface area contributed by atoms with E-state index in [2.05, 4.69) is 31.0 Å². The number of carbonyl (C=O) groups excluding carboxylic acids is 1. The largest absolute Gasteiger partial charge is 0.356 e. The monoisotopic (exact) mass is 279 g/mol. The summed E-state index contributed by atoms with van der Waals surface area (Å²) < 4.78 is 6.59. The van der Waals surface area contributed by atoms with Crippen LogP contribution in [0.4, 0.5) is 0 Å². The lowest BCUT2D eigenvalue weighted by Gasteiger charge is -2.02. The number of aromatic nitrogens is 6. The highest BCUT2D eigenvalue weighted by molar-refractivity contribution is 5.75. The first-order chi connectivity index (χ1) is 9.65. The van der Waals surface area contributed by atoms with E-state index in [-0.39, 0.29) is 11.8 Å². The molecule has 0 saturated heterocycles. The van der Waals surface area contributed by atoms with Crippen molar-refractivity contribution in [3.05, 3.63) is 18.0 Å². The van der Waals surface area contributed by atoms with Gasteiger partial charge in [-0.1, -0.05) is 19.0 Å². The first-order valence-electron chi connectivity index (χ1n) is 6.45. The van der Waals surface area contributed by atoms with Crippen LogP contribution in [0.15, 0.2) is 10.9 Å². The minimum atomic E-state index is -0.0656. The maximum Gasteiger partial charge on any atom is 0.228 e. The Kier molecular flexibility index (Phi) is 4.75. The summed E-state index contributed by atoms with van der Waals surface area (Å²) in [4.78, 5) is 15.8. The summed E-state index contributed by atoms with van der Waals surface area (Å²) in [5.74, 6) is 1.39. The molecule has 1 N–H and O–H groups in total. The van der Waals surface area contributed by atoms with E-state index < -0.39 is 0 Å². The molecule has 1 amide bonds. The molecule has 2 rings (SSSR count). The molecule has 0 spiro atoms. The van der Waals surface area contributed by atoms with Crippen LogP contribution in [0.3, 0.4) is 0 Å². The number of tetrazole rings is 1. The normalized spacial score (nSPS) is 10.9. The number of hydrogen-bond donors (Lipinski definition) is 1. The molecule has 0 saturated carbocycles. The maximum atomic E-state index is 11.6. The van der Waals surface area contributed by atoms with Crippen molar-refractivity contribution >= 4 is 5.91 Å². The number of rotatable bonds is 7. The molecule has 2 heterocycles. The average Bonchev–Trinajstić information content (AvgIpc) is 3.07. The summed E-state index contributed by atoms with van der Waals surface area (Å²) in [6.45, 7) is 4.91. The fourth-order valence-electron chi connectivity index (χ4n) is 1.50. The van der Waals surface area contributed by atoms with Crippen LogP contribution in [-0.4, -0.2) is 42.8 Å². The number of nitrogens with one attached hydrogen (secondary N) is 1. The van der Waals surface area contributed by atoms with E-state index >= 15 is 0 Å². The van der Waals surface area contributed by atoms with Crippen molar-refractivity contribution in [3.8, 4) is 0 Å². The van der Waals surface area contributed by atoms with Crippen molar-refractivity contribution in [2.75, 3.05) is 6.54 Å². The second-order valence-corrected chi connectivity index (χ2v) is 4.62. The number of aryl methyl sites for hydroxylation is 1. The smallest absolute Gasteiger partial charge is 0.228 e. The summed E-state index contributed by atoms with van der Waals surface area (Å²) >= 11 is 0. The molecule has 9 nitrogen and oxygen atoms in total. The summed E-state index contributed by atoms with van der Waals surface area (Å²) in [5, 5.41) is 17.3. The zero-order chi connectivity index (χ0) is 14.4. The quantitative estimate of drug-likeness (QED) is 0.754. The van der Waals surface area contributed by atoms with Gasteiger partial charge in [0.05, 0.1) is 6.54 Å². The Balaban J connectivity index is 1.65. The molecule has 0 radical (unpaired) electrons. The Morgan fingerprint density at radius 1 is 1.50 bits per heavy atom. The molecule has 0 aliphatic heterocycles. The van der Waals surface area contributed by atoms with Crippen molar-refractivity contribution in [1.82, 2.24) is 35.7 Å². The second-order valence-electron chi connectivity index (χ2n) is 4.62. The molecule has 2 aromatic rings. The summed E-state index contributed by atoms with van der Waals surface area (Å²) in [7, 11) is 0. The van der Waals surface area contributed by atoms with Gasteiger partial charge in [-0.2, -0.15) is 4.98 Å². The van der Waals surface area contributed by atoms with Gasteiger partial charge in [-0.15, -0.1) is 5.10 Å². The van der Waals surface area contributed by atoms with Crippen LogP contribution in [0.25, 0.3) is 0 Å². The van der Waals surface area contributed by atoms with Crippen LogP contribution in [0.1, 0.15) is 37.9 Å². The maximum absolute atomic E-state index is 11.6. The van der Waals surface area contributed by atoms with Gasteiger partial charge in [0.2, 0.25) is 11.8 Å². The highest BCUT2D eigenvalue weighted by Crippen LogP contribution is 2.09. The van der Waals surface area contributed by atoms with Gasteiger partial charge in [0.1, 0.15) is 6.33 Å². The van der Waals surface area contributed by atoms with Gasteiger partial charge in [0.25, 0.3) is 0 Å². The predicted octanol–water partition coefficient (Wildman–Crippen LogP) is -0.0715. The summed E-state index contributed by atoms with van der Waals surface area (Å²) in [6, 6.07) is 0. The van der Waals surface area contributed by atoms with Crippen LogP contribution >= 0.6 is 0 Å². The molecule has 20 heavy (non-hydrogen) atoms. The van der Waals surface area contributed by atoms with Gasteiger partial charge < -0.3 is 9.84 Å².